The second-order valence-electron chi connectivity index (χ2n) is 5.12. The quantitative estimate of drug-likeness (QED) is 0.260. The van der Waals surface area contributed by atoms with E-state index in [1.54, 1.807) is 12.1 Å². The van der Waals surface area contributed by atoms with Crippen LogP contribution in [-0.2, 0) is 0 Å². The first-order valence-electron chi connectivity index (χ1n) is 6.15. The van der Waals surface area contributed by atoms with Gasteiger partial charge in [-0.1, -0.05) is 29.8 Å². The minimum Gasteiger partial charge on any atom is -0.487 e. The van der Waals surface area contributed by atoms with Crippen LogP contribution in [0.2, 0.25) is 0 Å². The first-order chi connectivity index (χ1) is 9.24. The average molecular weight is 344 g/mol. The highest BCUT2D eigenvalue weighted by molar-refractivity contribution is 9.10. The van der Waals surface area contributed by atoms with Gasteiger partial charge in [0.05, 0.1) is 17.4 Å². The first-order valence-corrected chi connectivity index (χ1v) is 6.94. The van der Waals surface area contributed by atoms with Gasteiger partial charge in [-0.05, 0) is 25.0 Å². The number of rotatable bonds is 7. The summed E-state index contributed by atoms with van der Waals surface area (Å²) in [4.78, 5) is 10.4. The molecule has 20 heavy (non-hydrogen) atoms. The second kappa shape index (κ2) is 6.69. The van der Waals surface area contributed by atoms with Crippen molar-refractivity contribution < 1.29 is 9.66 Å². The normalized spacial score (nSPS) is 11.2. The highest BCUT2D eigenvalue weighted by Crippen LogP contribution is 2.30. The zero-order valence-electron chi connectivity index (χ0n) is 11.5. The molecule has 0 fully saturated rings. The molecule has 0 aliphatic carbocycles. The van der Waals surface area contributed by atoms with Gasteiger partial charge in [0, 0.05) is 16.0 Å². The van der Waals surface area contributed by atoms with Crippen molar-refractivity contribution in [2.75, 3.05) is 6.61 Å². The number of benzene rings is 1. The Balaban J connectivity index is 2.59. The van der Waals surface area contributed by atoms with E-state index in [0.717, 1.165) is 0 Å². The Labute approximate surface area is 126 Å². The molecule has 0 atom stereocenters. The lowest BCUT2D eigenvalue weighted by molar-refractivity contribution is -0.385. The Morgan fingerprint density at radius 3 is 2.75 bits per heavy atom. The van der Waals surface area contributed by atoms with E-state index in [-0.39, 0.29) is 22.7 Å². The maximum absolute atomic E-state index is 10.9. The van der Waals surface area contributed by atoms with Crippen LogP contribution in [0.5, 0.6) is 5.75 Å². The van der Waals surface area contributed by atoms with Crippen LogP contribution >= 0.6 is 15.9 Å². The molecule has 0 spiro atoms. The molecule has 0 heterocycles. The summed E-state index contributed by atoms with van der Waals surface area (Å²) in [6.45, 7) is 4.12. The van der Waals surface area contributed by atoms with E-state index in [2.05, 4.69) is 15.9 Å². The van der Waals surface area contributed by atoms with Crippen molar-refractivity contribution in [1.82, 2.24) is 0 Å². The fourth-order valence-corrected chi connectivity index (χ4v) is 1.94. The number of nitro groups is 1. The van der Waals surface area contributed by atoms with Crippen LogP contribution in [0.3, 0.4) is 0 Å². The van der Waals surface area contributed by atoms with Crippen molar-refractivity contribution in [3.8, 4) is 5.75 Å². The smallest absolute Gasteiger partial charge is 0.312 e. The number of nitrogens with one attached hydrogen (secondary N) is 1. The van der Waals surface area contributed by atoms with Gasteiger partial charge in [-0.15, -0.1) is 0 Å². The van der Waals surface area contributed by atoms with E-state index in [1.165, 1.54) is 6.07 Å². The number of ether oxygens (including phenoxy) is 1. The van der Waals surface area contributed by atoms with Crippen molar-refractivity contribution in [1.29, 1.82) is 5.41 Å². The zero-order chi connectivity index (χ0) is 15.3. The maximum Gasteiger partial charge on any atom is 0.312 e. The van der Waals surface area contributed by atoms with Crippen LogP contribution in [0.15, 0.2) is 22.7 Å². The van der Waals surface area contributed by atoms with E-state index in [0.29, 0.717) is 23.9 Å². The molecule has 7 heteroatoms. The average Bonchev–Trinajstić information content (AvgIpc) is 2.35. The van der Waals surface area contributed by atoms with Gasteiger partial charge in [-0.25, -0.2) is 0 Å². The molecule has 0 saturated heterocycles. The predicted molar refractivity (Wildman–Crippen MR) is 81.2 cm³/mol. The molecule has 0 radical (unpaired) electrons. The van der Waals surface area contributed by atoms with Crippen LogP contribution in [0.1, 0.15) is 26.7 Å². The van der Waals surface area contributed by atoms with Crippen molar-refractivity contribution in [3.63, 3.8) is 0 Å². The Morgan fingerprint density at radius 2 is 2.20 bits per heavy atom. The van der Waals surface area contributed by atoms with Gasteiger partial charge in [-0.2, -0.15) is 0 Å². The van der Waals surface area contributed by atoms with Gasteiger partial charge in [0.1, 0.15) is 0 Å². The number of nitro benzene ring substituents is 1. The summed E-state index contributed by atoms with van der Waals surface area (Å²) >= 11 is 3.19. The van der Waals surface area contributed by atoms with Gasteiger partial charge in [0.2, 0.25) is 0 Å². The molecule has 1 aromatic rings. The number of halogens is 1. The topological polar surface area (TPSA) is 102 Å². The molecular formula is C13H18BrN3O3. The van der Waals surface area contributed by atoms with Gasteiger partial charge in [0.25, 0.3) is 0 Å². The SMILES string of the molecule is CC(C)(CCCOc1ccc(Br)cc1[N+](=O)[O-])C(=N)N. The molecular weight excluding hydrogens is 326 g/mol. The second-order valence-corrected chi connectivity index (χ2v) is 6.03. The monoisotopic (exact) mass is 343 g/mol. The molecule has 0 saturated carbocycles. The van der Waals surface area contributed by atoms with Crippen molar-refractivity contribution in [2.45, 2.75) is 26.7 Å². The molecule has 0 unspecified atom stereocenters. The summed E-state index contributed by atoms with van der Waals surface area (Å²) in [5.41, 5.74) is 5.05. The number of nitrogens with two attached hydrogens (primary N) is 1. The molecule has 3 N–H and O–H groups in total. The van der Waals surface area contributed by atoms with E-state index in [9.17, 15) is 10.1 Å². The van der Waals surface area contributed by atoms with E-state index in [4.69, 9.17) is 15.9 Å². The van der Waals surface area contributed by atoms with Crippen LogP contribution in [0.4, 0.5) is 5.69 Å². The van der Waals surface area contributed by atoms with Crippen LogP contribution in [0.25, 0.3) is 0 Å². The largest absolute Gasteiger partial charge is 0.487 e. The van der Waals surface area contributed by atoms with Crippen LogP contribution < -0.4 is 10.5 Å². The summed E-state index contributed by atoms with van der Waals surface area (Å²) in [5.74, 6) is 0.381. The molecule has 0 aliphatic rings. The third kappa shape index (κ3) is 4.48. The lowest BCUT2D eigenvalue weighted by Gasteiger charge is -2.22. The predicted octanol–water partition coefficient (Wildman–Crippen LogP) is 3.48. The Hall–Kier alpha value is -1.63. The van der Waals surface area contributed by atoms with E-state index in [1.807, 2.05) is 13.8 Å². The number of amidine groups is 1. The molecule has 6 nitrogen and oxygen atoms in total. The van der Waals surface area contributed by atoms with Gasteiger partial charge < -0.3 is 10.5 Å². The van der Waals surface area contributed by atoms with Gasteiger partial charge in [-0.3, -0.25) is 15.5 Å². The molecule has 110 valence electrons. The first kappa shape index (κ1) is 16.4. The molecule has 0 aromatic heterocycles. The van der Waals surface area contributed by atoms with Crippen molar-refractivity contribution >= 4 is 27.5 Å². The minimum absolute atomic E-state index is 0.0646. The number of hydrogen-bond acceptors (Lipinski definition) is 4. The highest BCUT2D eigenvalue weighted by Gasteiger charge is 2.21. The summed E-state index contributed by atoms with van der Waals surface area (Å²) in [7, 11) is 0. The molecule has 0 amide bonds. The van der Waals surface area contributed by atoms with E-state index < -0.39 is 4.92 Å². The van der Waals surface area contributed by atoms with Crippen molar-refractivity contribution in [2.24, 2.45) is 11.1 Å². The Bertz CT molecular complexity index is 518. The Kier molecular flexibility index (Phi) is 5.50. The molecule has 1 aromatic carbocycles. The standard InChI is InChI=1S/C13H18BrN3O3/c1-13(2,12(15)16)6-3-7-20-11-5-4-9(14)8-10(11)17(18)19/h4-5,8H,3,6-7H2,1-2H3,(H3,15,16). The summed E-state index contributed by atoms with van der Waals surface area (Å²) in [5, 5.41) is 18.4. The lowest BCUT2D eigenvalue weighted by atomic mass is 9.87. The Morgan fingerprint density at radius 1 is 1.55 bits per heavy atom. The minimum atomic E-state index is -0.473. The maximum atomic E-state index is 10.9. The summed E-state index contributed by atoms with van der Waals surface area (Å²) in [6.07, 6.45) is 1.35. The summed E-state index contributed by atoms with van der Waals surface area (Å²) in [6, 6.07) is 4.68. The van der Waals surface area contributed by atoms with Crippen LogP contribution in [-0.4, -0.2) is 17.4 Å². The molecule has 0 aliphatic heterocycles. The summed E-state index contributed by atoms with van der Waals surface area (Å²) < 4.78 is 6.09. The fourth-order valence-electron chi connectivity index (χ4n) is 1.59. The zero-order valence-corrected chi connectivity index (χ0v) is 13.1. The third-order valence-electron chi connectivity index (χ3n) is 3.05. The highest BCUT2D eigenvalue weighted by atomic mass is 79.9. The third-order valence-corrected chi connectivity index (χ3v) is 3.54. The molecule has 1 rings (SSSR count). The fraction of sp³-hybridized carbons (Fsp3) is 0.462. The van der Waals surface area contributed by atoms with E-state index >= 15 is 0 Å². The molecule has 0 bridgehead atoms. The van der Waals surface area contributed by atoms with Crippen molar-refractivity contribution in [3.05, 3.63) is 32.8 Å². The lowest BCUT2D eigenvalue weighted by Crippen LogP contribution is -2.31. The van der Waals surface area contributed by atoms with Gasteiger partial charge in [0.15, 0.2) is 5.75 Å². The van der Waals surface area contributed by atoms with Gasteiger partial charge >= 0.3 is 5.69 Å². The number of hydrogen-bond donors (Lipinski definition) is 2. The number of nitrogens with zero attached hydrogens (tertiary/aromatic N) is 1. The van der Waals surface area contributed by atoms with Crippen LogP contribution in [0, 0.1) is 20.9 Å².